The normalized spacial score (nSPS) is 11.3. The summed E-state index contributed by atoms with van der Waals surface area (Å²) in [6.45, 7) is 1.42. The molecule has 0 unspecified atom stereocenters. The summed E-state index contributed by atoms with van der Waals surface area (Å²) in [4.78, 5) is 17.5. The number of nitro groups is 1. The molecule has 68 valence electrons. The second-order valence-electron chi connectivity index (χ2n) is 2.34. The maximum Gasteiger partial charge on any atom is 0.330 e. The van der Waals surface area contributed by atoms with Crippen LogP contribution in [0.2, 0.25) is 0 Å². The third-order valence-corrected chi connectivity index (χ3v) is 1.35. The number of nitrogens with zero attached hydrogens (tertiary/aromatic N) is 3. The van der Waals surface area contributed by atoms with Crippen LogP contribution in [0.3, 0.4) is 0 Å². The molecule has 0 amide bonds. The Labute approximate surface area is 74.5 Å². The highest BCUT2D eigenvalue weighted by molar-refractivity contribution is 5.00. The second kappa shape index (κ2) is 4.27. The van der Waals surface area contributed by atoms with Crippen LogP contribution in [-0.2, 0) is 0 Å². The zero-order chi connectivity index (χ0) is 9.68. The zero-order valence-corrected chi connectivity index (χ0v) is 7.04. The molecule has 0 radical (unpaired) electrons. The number of aromatic nitrogens is 2. The van der Waals surface area contributed by atoms with Gasteiger partial charge < -0.3 is 0 Å². The molecule has 0 aliphatic rings. The number of rotatable bonds is 3. The van der Waals surface area contributed by atoms with E-state index in [2.05, 4.69) is 9.97 Å². The van der Waals surface area contributed by atoms with Gasteiger partial charge in [-0.2, -0.15) is 9.97 Å². The van der Waals surface area contributed by atoms with Crippen molar-refractivity contribution in [3.63, 3.8) is 0 Å². The highest BCUT2D eigenvalue weighted by Crippen LogP contribution is 1.88. The molecule has 0 aromatic carbocycles. The molecule has 0 atom stereocenters. The fourth-order valence-electron chi connectivity index (χ4n) is 0.653. The first-order valence-electron chi connectivity index (χ1n) is 3.63. The Kier molecular flexibility index (Phi) is 3.04. The lowest BCUT2D eigenvalue weighted by molar-refractivity contribution is -0.522. The van der Waals surface area contributed by atoms with Gasteiger partial charge in [-0.3, -0.25) is 10.1 Å². The molecule has 1 rings (SSSR count). The first-order valence-corrected chi connectivity index (χ1v) is 3.63. The van der Waals surface area contributed by atoms with E-state index in [-0.39, 0.29) is 5.70 Å². The van der Waals surface area contributed by atoms with Crippen molar-refractivity contribution >= 4 is 5.95 Å². The molecule has 6 nitrogen and oxygen atoms in total. The Bertz CT molecular complexity index is 323. The summed E-state index contributed by atoms with van der Waals surface area (Å²) in [5.74, 6) is 0.462. The van der Waals surface area contributed by atoms with Crippen molar-refractivity contribution in [2.45, 2.75) is 6.92 Å². The van der Waals surface area contributed by atoms with Crippen molar-refractivity contribution in [2.24, 2.45) is 0 Å². The van der Waals surface area contributed by atoms with Crippen LogP contribution in [-0.4, -0.2) is 14.9 Å². The standard InChI is InChI=1S/C7H8N4O2/c1-6(11(12)13)5-10-7-8-3-2-4-9-7/h2-5H,1H3,(H,8,9,10)/p+1/b6-5-. The van der Waals surface area contributed by atoms with Gasteiger partial charge in [-0.1, -0.05) is 0 Å². The van der Waals surface area contributed by atoms with Crippen LogP contribution in [0.15, 0.2) is 30.4 Å². The summed E-state index contributed by atoms with van der Waals surface area (Å²) in [6, 6.07) is 1.68. The van der Waals surface area contributed by atoms with Crippen LogP contribution in [0.25, 0.3) is 0 Å². The Morgan fingerprint density at radius 3 is 2.77 bits per heavy atom. The molecule has 0 aliphatic carbocycles. The van der Waals surface area contributed by atoms with Crippen molar-refractivity contribution in [1.29, 1.82) is 0 Å². The van der Waals surface area contributed by atoms with E-state index in [0.717, 1.165) is 0 Å². The maximum atomic E-state index is 10.2. The molecule has 13 heavy (non-hydrogen) atoms. The summed E-state index contributed by atoms with van der Waals surface area (Å²) in [6.07, 6.45) is 4.53. The molecule has 0 aliphatic heterocycles. The molecule has 1 aromatic heterocycles. The van der Waals surface area contributed by atoms with Gasteiger partial charge in [0.05, 0.1) is 4.92 Å². The lowest BCUT2D eigenvalue weighted by Crippen LogP contribution is -2.72. The van der Waals surface area contributed by atoms with Crippen LogP contribution < -0.4 is 5.32 Å². The summed E-state index contributed by atoms with van der Waals surface area (Å²) >= 11 is 0. The third-order valence-electron chi connectivity index (χ3n) is 1.35. The minimum atomic E-state index is -0.459. The Balaban J connectivity index is 2.62. The van der Waals surface area contributed by atoms with Crippen molar-refractivity contribution in [3.05, 3.63) is 40.5 Å². The predicted octanol–water partition coefficient (Wildman–Crippen LogP) is -0.190. The first-order chi connectivity index (χ1) is 6.20. The lowest BCUT2D eigenvalue weighted by Gasteiger charge is -1.90. The maximum absolute atomic E-state index is 10.2. The molecular weight excluding hydrogens is 172 g/mol. The average Bonchev–Trinajstić information content (AvgIpc) is 2.15. The van der Waals surface area contributed by atoms with Gasteiger partial charge in [0.25, 0.3) is 5.70 Å². The van der Waals surface area contributed by atoms with Crippen LogP contribution in [0.5, 0.6) is 0 Å². The minimum absolute atomic E-state index is 0.0625. The van der Waals surface area contributed by atoms with Crippen LogP contribution in [0, 0.1) is 10.1 Å². The lowest BCUT2D eigenvalue weighted by atomic mass is 10.5. The van der Waals surface area contributed by atoms with Gasteiger partial charge >= 0.3 is 5.95 Å². The Morgan fingerprint density at radius 1 is 1.62 bits per heavy atom. The van der Waals surface area contributed by atoms with Crippen molar-refractivity contribution in [1.82, 2.24) is 9.97 Å². The minimum Gasteiger partial charge on any atom is -0.258 e. The number of nitrogens with two attached hydrogens (primary N) is 1. The Hall–Kier alpha value is -1.82. The van der Waals surface area contributed by atoms with Gasteiger partial charge in [-0.05, 0) is 6.07 Å². The molecule has 0 saturated carbocycles. The van der Waals surface area contributed by atoms with Gasteiger partial charge in [-0.25, -0.2) is 5.32 Å². The van der Waals surface area contributed by atoms with Gasteiger partial charge in [0.2, 0.25) is 0 Å². The SMILES string of the molecule is C/C(=C/[NH2+]c1ncccn1)[N+](=O)[O-]. The molecule has 0 fully saturated rings. The molecule has 1 aromatic rings. The van der Waals surface area contributed by atoms with Crippen LogP contribution in [0.1, 0.15) is 6.92 Å². The number of hydrogen-bond acceptors (Lipinski definition) is 4. The highest BCUT2D eigenvalue weighted by atomic mass is 16.6. The van der Waals surface area contributed by atoms with Gasteiger partial charge in [-0.15, -0.1) is 0 Å². The van der Waals surface area contributed by atoms with E-state index < -0.39 is 4.92 Å². The zero-order valence-electron chi connectivity index (χ0n) is 7.04. The van der Waals surface area contributed by atoms with Gasteiger partial charge in [0.1, 0.15) is 0 Å². The Morgan fingerprint density at radius 2 is 2.23 bits per heavy atom. The fraction of sp³-hybridized carbons (Fsp3) is 0.143. The molecule has 0 saturated heterocycles. The van der Waals surface area contributed by atoms with Gasteiger partial charge in [0, 0.05) is 19.3 Å². The van der Waals surface area contributed by atoms with Crippen molar-refractivity contribution in [3.8, 4) is 0 Å². The van der Waals surface area contributed by atoms with E-state index >= 15 is 0 Å². The topological polar surface area (TPSA) is 85.5 Å². The molecule has 1 heterocycles. The van der Waals surface area contributed by atoms with E-state index in [1.54, 1.807) is 18.5 Å². The van der Waals surface area contributed by atoms with E-state index in [4.69, 9.17) is 0 Å². The average molecular weight is 181 g/mol. The van der Waals surface area contributed by atoms with Crippen molar-refractivity contribution in [2.75, 3.05) is 0 Å². The highest BCUT2D eigenvalue weighted by Gasteiger charge is 2.04. The number of quaternary nitrogens is 1. The van der Waals surface area contributed by atoms with E-state index in [1.807, 2.05) is 0 Å². The summed E-state index contributed by atoms with van der Waals surface area (Å²) in [7, 11) is 0. The van der Waals surface area contributed by atoms with Gasteiger partial charge in [0.15, 0.2) is 6.20 Å². The number of allylic oxidation sites excluding steroid dienone is 1. The largest absolute Gasteiger partial charge is 0.330 e. The summed E-state index contributed by atoms with van der Waals surface area (Å²) < 4.78 is 0. The summed E-state index contributed by atoms with van der Waals surface area (Å²) in [5, 5.41) is 11.7. The quantitative estimate of drug-likeness (QED) is 0.517. The van der Waals surface area contributed by atoms with E-state index in [1.165, 1.54) is 18.4 Å². The molecular formula is C7H9N4O2+. The van der Waals surface area contributed by atoms with Crippen molar-refractivity contribution < 1.29 is 10.2 Å². The van der Waals surface area contributed by atoms with E-state index in [0.29, 0.717) is 5.95 Å². The second-order valence-corrected chi connectivity index (χ2v) is 2.34. The molecule has 0 spiro atoms. The monoisotopic (exact) mass is 181 g/mol. The first kappa shape index (κ1) is 9.27. The van der Waals surface area contributed by atoms with E-state index in [9.17, 15) is 10.1 Å². The molecule has 6 heteroatoms. The van der Waals surface area contributed by atoms with Crippen LogP contribution in [0.4, 0.5) is 5.95 Å². The molecule has 0 bridgehead atoms. The van der Waals surface area contributed by atoms with Crippen LogP contribution >= 0.6 is 0 Å². The smallest absolute Gasteiger partial charge is 0.258 e. The number of hydrogen-bond donors (Lipinski definition) is 1. The fourth-order valence-corrected chi connectivity index (χ4v) is 0.653. The third kappa shape index (κ3) is 2.96. The molecule has 2 N–H and O–H groups in total. The summed E-state index contributed by atoms with van der Waals surface area (Å²) in [5.41, 5.74) is 0.0625. The predicted molar refractivity (Wildman–Crippen MR) is 44.4 cm³/mol.